The number of nitrogens with zero attached hydrogens (tertiary/aromatic N) is 4. The number of rotatable bonds is 4. The Morgan fingerprint density at radius 1 is 1.30 bits per heavy atom. The summed E-state index contributed by atoms with van der Waals surface area (Å²) in [5.41, 5.74) is 8.83. The Hall–Kier alpha value is -1.91. The summed E-state index contributed by atoms with van der Waals surface area (Å²) in [6.45, 7) is 2.89. The molecule has 3 rings (SSSR count). The van der Waals surface area contributed by atoms with Gasteiger partial charge in [-0.1, -0.05) is 37.8 Å². The van der Waals surface area contributed by atoms with E-state index in [1.54, 1.807) is 0 Å². The van der Waals surface area contributed by atoms with Gasteiger partial charge in [-0.2, -0.15) is 0 Å². The molecule has 20 heavy (non-hydrogen) atoms. The first-order chi connectivity index (χ1) is 9.74. The van der Waals surface area contributed by atoms with Crippen molar-refractivity contribution >= 4 is 5.69 Å². The normalized spacial score (nSPS) is 15.8. The fraction of sp³-hybridized carbons (Fsp3) is 0.533. The number of hydrogen-bond donors (Lipinski definition) is 1. The van der Waals surface area contributed by atoms with E-state index < -0.39 is 0 Å². The molecule has 2 aromatic rings. The van der Waals surface area contributed by atoms with Gasteiger partial charge in [0.05, 0.1) is 0 Å². The van der Waals surface area contributed by atoms with Gasteiger partial charge in [0, 0.05) is 17.8 Å². The van der Waals surface area contributed by atoms with Crippen LogP contribution in [0.15, 0.2) is 18.2 Å². The molecule has 5 heteroatoms. The van der Waals surface area contributed by atoms with Gasteiger partial charge in [-0.05, 0) is 41.3 Å². The van der Waals surface area contributed by atoms with Crippen molar-refractivity contribution in [3.05, 3.63) is 23.8 Å². The first-order valence-electron chi connectivity index (χ1n) is 7.36. The van der Waals surface area contributed by atoms with E-state index >= 15 is 0 Å². The van der Waals surface area contributed by atoms with Crippen LogP contribution in [0.3, 0.4) is 0 Å². The van der Waals surface area contributed by atoms with Crippen LogP contribution >= 0.6 is 0 Å². The Balaban J connectivity index is 1.76. The van der Waals surface area contributed by atoms with Crippen LogP contribution in [-0.4, -0.2) is 20.2 Å². The van der Waals surface area contributed by atoms with Gasteiger partial charge < -0.3 is 5.73 Å². The van der Waals surface area contributed by atoms with Crippen molar-refractivity contribution < 1.29 is 0 Å². The molecule has 1 fully saturated rings. The molecule has 0 spiro atoms. The minimum atomic E-state index is 0.785. The SMILES string of the molecule is Cc1ccc(-c2nnnn2CCC2CCCC2)cc1N. The third-order valence-electron chi connectivity index (χ3n) is 4.29. The lowest BCUT2D eigenvalue weighted by Crippen LogP contribution is -2.07. The third-order valence-corrected chi connectivity index (χ3v) is 4.29. The summed E-state index contributed by atoms with van der Waals surface area (Å²) < 4.78 is 1.91. The van der Waals surface area contributed by atoms with Crippen molar-refractivity contribution in [1.82, 2.24) is 20.2 Å². The van der Waals surface area contributed by atoms with Crippen molar-refractivity contribution in [2.45, 2.75) is 45.6 Å². The van der Waals surface area contributed by atoms with Gasteiger partial charge in [-0.25, -0.2) is 4.68 Å². The number of tetrazole rings is 1. The number of anilines is 1. The highest BCUT2D eigenvalue weighted by Crippen LogP contribution is 2.28. The Kier molecular flexibility index (Phi) is 3.67. The first kappa shape index (κ1) is 13.1. The fourth-order valence-corrected chi connectivity index (χ4v) is 2.95. The Bertz CT molecular complexity index is 584. The molecule has 0 aliphatic heterocycles. The van der Waals surface area contributed by atoms with Crippen LogP contribution in [-0.2, 0) is 6.54 Å². The summed E-state index contributed by atoms with van der Waals surface area (Å²) in [7, 11) is 0. The van der Waals surface area contributed by atoms with Gasteiger partial charge >= 0.3 is 0 Å². The maximum Gasteiger partial charge on any atom is 0.182 e. The van der Waals surface area contributed by atoms with Crippen LogP contribution in [0.4, 0.5) is 5.69 Å². The van der Waals surface area contributed by atoms with E-state index in [0.717, 1.165) is 35.1 Å². The molecule has 0 radical (unpaired) electrons. The molecule has 0 unspecified atom stereocenters. The number of nitrogens with two attached hydrogens (primary N) is 1. The lowest BCUT2D eigenvalue weighted by atomic mass is 10.0. The van der Waals surface area contributed by atoms with Gasteiger partial charge in [0.15, 0.2) is 5.82 Å². The zero-order chi connectivity index (χ0) is 13.9. The predicted molar refractivity (Wildman–Crippen MR) is 79.0 cm³/mol. The van der Waals surface area contributed by atoms with Crippen molar-refractivity contribution in [3.8, 4) is 11.4 Å². The molecule has 0 saturated heterocycles. The van der Waals surface area contributed by atoms with Crippen LogP contribution in [0.1, 0.15) is 37.7 Å². The molecule has 1 aromatic heterocycles. The quantitative estimate of drug-likeness (QED) is 0.868. The molecule has 1 heterocycles. The monoisotopic (exact) mass is 271 g/mol. The van der Waals surface area contributed by atoms with Gasteiger partial charge in [0.1, 0.15) is 0 Å². The lowest BCUT2D eigenvalue weighted by Gasteiger charge is -2.10. The van der Waals surface area contributed by atoms with Gasteiger partial charge in [0.25, 0.3) is 0 Å². The van der Waals surface area contributed by atoms with Crippen LogP contribution in [0.5, 0.6) is 0 Å². The van der Waals surface area contributed by atoms with Crippen LogP contribution < -0.4 is 5.73 Å². The first-order valence-corrected chi connectivity index (χ1v) is 7.36. The molecular weight excluding hydrogens is 250 g/mol. The second-order valence-electron chi connectivity index (χ2n) is 5.74. The molecule has 1 saturated carbocycles. The molecule has 2 N–H and O–H groups in total. The number of hydrogen-bond acceptors (Lipinski definition) is 4. The maximum atomic E-state index is 5.97. The third kappa shape index (κ3) is 2.66. The van der Waals surface area contributed by atoms with Crippen molar-refractivity contribution in [2.24, 2.45) is 5.92 Å². The molecule has 0 bridgehead atoms. The van der Waals surface area contributed by atoms with Gasteiger partial charge in [-0.3, -0.25) is 0 Å². The summed E-state index contributed by atoms with van der Waals surface area (Å²) >= 11 is 0. The molecule has 0 atom stereocenters. The topological polar surface area (TPSA) is 69.6 Å². The van der Waals surface area contributed by atoms with Crippen molar-refractivity contribution in [1.29, 1.82) is 0 Å². The lowest BCUT2D eigenvalue weighted by molar-refractivity contribution is 0.436. The summed E-state index contributed by atoms with van der Waals surface area (Å²) in [5, 5.41) is 12.1. The van der Waals surface area contributed by atoms with E-state index in [0.29, 0.717) is 0 Å². The highest BCUT2D eigenvalue weighted by molar-refractivity contribution is 5.63. The average Bonchev–Trinajstić information content (AvgIpc) is 3.10. The largest absolute Gasteiger partial charge is 0.398 e. The predicted octanol–water partition coefficient (Wildman–Crippen LogP) is 2.81. The molecule has 1 aromatic carbocycles. The van der Waals surface area contributed by atoms with Crippen molar-refractivity contribution in [3.63, 3.8) is 0 Å². The highest BCUT2D eigenvalue weighted by Gasteiger charge is 2.16. The summed E-state index contributed by atoms with van der Waals surface area (Å²) in [4.78, 5) is 0. The average molecular weight is 271 g/mol. The number of aryl methyl sites for hydroxylation is 2. The Morgan fingerprint density at radius 2 is 2.10 bits per heavy atom. The minimum Gasteiger partial charge on any atom is -0.398 e. The minimum absolute atomic E-state index is 0.785. The van der Waals surface area contributed by atoms with E-state index in [4.69, 9.17) is 5.73 Å². The zero-order valence-corrected chi connectivity index (χ0v) is 11.9. The van der Waals surface area contributed by atoms with E-state index in [1.807, 2.05) is 29.8 Å². The van der Waals surface area contributed by atoms with Crippen molar-refractivity contribution in [2.75, 3.05) is 5.73 Å². The summed E-state index contributed by atoms with van der Waals surface area (Å²) in [6.07, 6.45) is 6.63. The highest BCUT2D eigenvalue weighted by atomic mass is 15.5. The standard InChI is InChI=1S/C15H21N5/c1-11-6-7-13(10-14(11)16)15-17-18-19-20(15)9-8-12-4-2-3-5-12/h6-7,10,12H,2-5,8-9,16H2,1H3. The van der Waals surface area contributed by atoms with Crippen LogP contribution in [0.2, 0.25) is 0 Å². The van der Waals surface area contributed by atoms with E-state index in [9.17, 15) is 0 Å². The second-order valence-corrected chi connectivity index (χ2v) is 5.74. The number of benzene rings is 1. The number of aromatic nitrogens is 4. The van der Waals surface area contributed by atoms with Gasteiger partial charge in [0.2, 0.25) is 0 Å². The summed E-state index contributed by atoms with van der Waals surface area (Å²) in [6, 6.07) is 6.00. The number of nitrogen functional groups attached to an aromatic ring is 1. The Labute approximate surface area is 119 Å². The fourth-order valence-electron chi connectivity index (χ4n) is 2.95. The van der Waals surface area contributed by atoms with E-state index in [2.05, 4.69) is 15.5 Å². The van der Waals surface area contributed by atoms with E-state index in [1.165, 1.54) is 32.1 Å². The van der Waals surface area contributed by atoms with Crippen LogP contribution in [0, 0.1) is 12.8 Å². The van der Waals surface area contributed by atoms with Crippen LogP contribution in [0.25, 0.3) is 11.4 Å². The smallest absolute Gasteiger partial charge is 0.182 e. The summed E-state index contributed by atoms with van der Waals surface area (Å²) in [5.74, 6) is 1.66. The molecule has 5 nitrogen and oxygen atoms in total. The van der Waals surface area contributed by atoms with Gasteiger partial charge in [-0.15, -0.1) is 5.10 Å². The molecule has 1 aliphatic rings. The zero-order valence-electron chi connectivity index (χ0n) is 11.9. The second kappa shape index (κ2) is 5.61. The molecular formula is C15H21N5. The van der Waals surface area contributed by atoms with E-state index in [-0.39, 0.29) is 0 Å². The maximum absolute atomic E-state index is 5.97. The molecule has 106 valence electrons. The molecule has 0 amide bonds. The molecule has 1 aliphatic carbocycles. The Morgan fingerprint density at radius 3 is 2.85 bits per heavy atom.